The number of pyridine rings is 1. The number of nitrogens with zero attached hydrogens (tertiary/aromatic N) is 3. The first-order valence-electron chi connectivity index (χ1n) is 9.27. The van der Waals surface area contributed by atoms with Crippen LogP contribution in [0.15, 0.2) is 52.5 Å². The highest BCUT2D eigenvalue weighted by atomic mass is 35.5. The van der Waals surface area contributed by atoms with Gasteiger partial charge >= 0.3 is 0 Å². The molecule has 1 aliphatic rings. The number of aromatic nitrogens is 1. The molecule has 2 aromatic rings. The van der Waals surface area contributed by atoms with Crippen LogP contribution < -0.4 is 15.5 Å². The van der Waals surface area contributed by atoms with E-state index in [1.54, 1.807) is 18.8 Å². The molecule has 1 aliphatic heterocycles. The van der Waals surface area contributed by atoms with Gasteiger partial charge in [0.25, 0.3) is 0 Å². The second-order valence-corrected chi connectivity index (χ2v) is 7.98. The van der Waals surface area contributed by atoms with Crippen LogP contribution in [0.5, 0.6) is 0 Å². The lowest BCUT2D eigenvalue weighted by molar-refractivity contribution is 0.828. The van der Waals surface area contributed by atoms with Crippen LogP contribution in [0.1, 0.15) is 18.4 Å². The summed E-state index contributed by atoms with van der Waals surface area (Å²) in [5.74, 6) is 2.84. The Morgan fingerprint density at radius 3 is 2.70 bits per heavy atom. The summed E-state index contributed by atoms with van der Waals surface area (Å²) in [6, 6.07) is 12.1. The number of aliphatic imine (C=N–C) groups is 1. The Morgan fingerprint density at radius 2 is 1.96 bits per heavy atom. The van der Waals surface area contributed by atoms with Crippen molar-refractivity contribution in [1.82, 2.24) is 15.6 Å². The van der Waals surface area contributed by atoms with Gasteiger partial charge in [0.1, 0.15) is 5.82 Å². The molecule has 0 aliphatic carbocycles. The van der Waals surface area contributed by atoms with E-state index >= 15 is 0 Å². The fraction of sp³-hybridized carbons (Fsp3) is 0.400. The lowest BCUT2D eigenvalue weighted by Crippen LogP contribution is -2.38. The number of hydrogen-bond acceptors (Lipinski definition) is 4. The Morgan fingerprint density at radius 1 is 1.19 bits per heavy atom. The Hall–Kier alpha value is -1.92. The lowest BCUT2D eigenvalue weighted by Gasteiger charge is -2.17. The van der Waals surface area contributed by atoms with Crippen molar-refractivity contribution < 1.29 is 0 Å². The third-order valence-electron chi connectivity index (χ3n) is 4.40. The molecule has 0 saturated carbocycles. The maximum absolute atomic E-state index is 5.91. The quantitative estimate of drug-likeness (QED) is 0.319. The molecule has 1 fully saturated rings. The molecular formula is C20H26ClN5S. The van der Waals surface area contributed by atoms with Crippen molar-refractivity contribution in [3.8, 4) is 0 Å². The van der Waals surface area contributed by atoms with Crippen LogP contribution in [-0.2, 0) is 6.54 Å². The van der Waals surface area contributed by atoms with Gasteiger partial charge < -0.3 is 15.5 Å². The molecule has 3 rings (SSSR count). The number of hydrogen-bond donors (Lipinski definition) is 2. The summed E-state index contributed by atoms with van der Waals surface area (Å²) in [6.07, 6.45) is 4.41. The summed E-state index contributed by atoms with van der Waals surface area (Å²) in [7, 11) is 1.80. The molecule has 0 spiro atoms. The van der Waals surface area contributed by atoms with Crippen molar-refractivity contribution in [1.29, 1.82) is 0 Å². The Bertz CT molecular complexity index is 744. The monoisotopic (exact) mass is 403 g/mol. The van der Waals surface area contributed by atoms with Crippen LogP contribution in [0.2, 0.25) is 5.02 Å². The van der Waals surface area contributed by atoms with E-state index in [0.29, 0.717) is 0 Å². The van der Waals surface area contributed by atoms with Crippen molar-refractivity contribution in [2.24, 2.45) is 4.99 Å². The molecular weight excluding hydrogens is 378 g/mol. The molecule has 1 aromatic carbocycles. The van der Waals surface area contributed by atoms with Crippen molar-refractivity contribution in [2.45, 2.75) is 24.3 Å². The second-order valence-electron chi connectivity index (χ2n) is 6.37. The molecule has 27 heavy (non-hydrogen) atoms. The largest absolute Gasteiger partial charge is 0.357 e. The first-order valence-corrected chi connectivity index (χ1v) is 10.6. The fourth-order valence-electron chi connectivity index (χ4n) is 2.97. The minimum absolute atomic E-state index is 0.730. The zero-order valence-corrected chi connectivity index (χ0v) is 17.2. The van der Waals surface area contributed by atoms with Crippen molar-refractivity contribution in [2.75, 3.05) is 37.3 Å². The third-order valence-corrected chi connectivity index (χ3v) is 5.67. The molecule has 5 nitrogen and oxygen atoms in total. The average Bonchev–Trinajstić information content (AvgIpc) is 3.24. The van der Waals surface area contributed by atoms with Gasteiger partial charge in [-0.1, -0.05) is 11.6 Å². The van der Waals surface area contributed by atoms with Gasteiger partial charge in [0.15, 0.2) is 5.96 Å². The van der Waals surface area contributed by atoms with E-state index in [9.17, 15) is 0 Å². The molecule has 0 unspecified atom stereocenters. The summed E-state index contributed by atoms with van der Waals surface area (Å²) in [5.41, 5.74) is 1.21. The Kier molecular flexibility index (Phi) is 7.66. The highest BCUT2D eigenvalue weighted by molar-refractivity contribution is 7.99. The van der Waals surface area contributed by atoms with Gasteiger partial charge in [0, 0.05) is 55.1 Å². The minimum atomic E-state index is 0.730. The van der Waals surface area contributed by atoms with Crippen LogP contribution in [0.4, 0.5) is 5.82 Å². The van der Waals surface area contributed by atoms with Crippen LogP contribution in [0.25, 0.3) is 0 Å². The topological polar surface area (TPSA) is 52.6 Å². The van der Waals surface area contributed by atoms with Crippen LogP contribution in [-0.4, -0.2) is 43.4 Å². The first kappa shape index (κ1) is 19.8. The Labute approximate surface area is 170 Å². The molecule has 0 atom stereocenters. The molecule has 7 heteroatoms. The van der Waals surface area contributed by atoms with Crippen LogP contribution in [0, 0.1) is 0 Å². The highest BCUT2D eigenvalue weighted by Gasteiger charge is 2.13. The molecule has 2 N–H and O–H groups in total. The van der Waals surface area contributed by atoms with E-state index in [1.165, 1.54) is 23.3 Å². The van der Waals surface area contributed by atoms with Gasteiger partial charge in [-0.05, 0) is 54.8 Å². The molecule has 0 radical (unpaired) electrons. The standard InChI is InChI=1S/C20H26ClN5S/c1-22-20(24-10-13-27-18-6-4-17(21)5-7-18)25-15-16-8-9-23-19(14-16)26-11-2-3-12-26/h4-9,14H,2-3,10-13,15H2,1H3,(H2,22,24,25). The smallest absolute Gasteiger partial charge is 0.191 e. The van der Waals surface area contributed by atoms with Gasteiger partial charge in [-0.2, -0.15) is 0 Å². The maximum Gasteiger partial charge on any atom is 0.191 e. The van der Waals surface area contributed by atoms with E-state index < -0.39 is 0 Å². The number of nitrogens with one attached hydrogen (secondary N) is 2. The molecule has 1 aromatic heterocycles. The fourth-order valence-corrected chi connectivity index (χ4v) is 3.86. The first-order chi connectivity index (χ1) is 13.2. The zero-order chi connectivity index (χ0) is 18.9. The van der Waals surface area contributed by atoms with Gasteiger partial charge in [0.2, 0.25) is 0 Å². The van der Waals surface area contributed by atoms with Crippen molar-refractivity contribution in [3.63, 3.8) is 0 Å². The number of anilines is 1. The summed E-state index contributed by atoms with van der Waals surface area (Å²) < 4.78 is 0. The third kappa shape index (κ3) is 6.33. The number of halogens is 1. The Balaban J connectivity index is 1.41. The van der Waals surface area contributed by atoms with Gasteiger partial charge in [-0.3, -0.25) is 4.99 Å². The van der Waals surface area contributed by atoms with Crippen molar-refractivity contribution >= 4 is 35.1 Å². The molecule has 0 bridgehead atoms. The molecule has 2 heterocycles. The highest BCUT2D eigenvalue weighted by Crippen LogP contribution is 2.20. The van der Waals surface area contributed by atoms with Crippen LogP contribution >= 0.6 is 23.4 Å². The van der Waals surface area contributed by atoms with Gasteiger partial charge in [-0.25, -0.2) is 4.98 Å². The summed E-state index contributed by atoms with van der Waals surface area (Å²) >= 11 is 7.71. The summed E-state index contributed by atoms with van der Waals surface area (Å²) in [5, 5.41) is 7.50. The SMILES string of the molecule is CN=C(NCCSc1ccc(Cl)cc1)NCc1ccnc(N2CCCC2)c1. The van der Waals surface area contributed by atoms with Crippen LogP contribution in [0.3, 0.4) is 0 Å². The summed E-state index contributed by atoms with van der Waals surface area (Å²) in [4.78, 5) is 12.4. The van der Waals surface area contributed by atoms with E-state index in [0.717, 1.165) is 48.7 Å². The molecule has 144 valence electrons. The van der Waals surface area contributed by atoms with Gasteiger partial charge in [0.05, 0.1) is 0 Å². The van der Waals surface area contributed by atoms with E-state index in [-0.39, 0.29) is 0 Å². The van der Waals surface area contributed by atoms with Gasteiger partial charge in [-0.15, -0.1) is 11.8 Å². The van der Waals surface area contributed by atoms with E-state index in [1.807, 2.05) is 30.5 Å². The summed E-state index contributed by atoms with van der Waals surface area (Å²) in [6.45, 7) is 3.78. The lowest BCUT2D eigenvalue weighted by atomic mass is 10.2. The number of guanidine groups is 1. The average molecular weight is 404 g/mol. The van der Waals surface area contributed by atoms with E-state index in [2.05, 4.69) is 37.6 Å². The number of rotatable bonds is 7. The normalized spacial score (nSPS) is 14.4. The predicted molar refractivity (Wildman–Crippen MR) is 116 cm³/mol. The van der Waals surface area contributed by atoms with Crippen molar-refractivity contribution in [3.05, 3.63) is 53.2 Å². The zero-order valence-electron chi connectivity index (χ0n) is 15.6. The van der Waals surface area contributed by atoms with E-state index in [4.69, 9.17) is 11.6 Å². The molecule has 0 amide bonds. The minimum Gasteiger partial charge on any atom is -0.357 e. The number of thioether (sulfide) groups is 1. The predicted octanol–water partition coefficient (Wildman–Crippen LogP) is 3.79. The second kappa shape index (κ2) is 10.4. The number of benzene rings is 1. The molecule has 1 saturated heterocycles. The maximum atomic E-state index is 5.91.